The van der Waals surface area contributed by atoms with Crippen LogP contribution in [0.25, 0.3) is 0 Å². The standard InChI is InChI=1S/C7H12O4/c8-3-1-6-7(10)5(9)2-4-11-6/h1,3,5-10H,2,4H2/t5?,6?,7-/m0/s1. The van der Waals surface area contributed by atoms with Crippen LogP contribution in [-0.2, 0) is 4.74 Å². The minimum absolute atomic E-state index is 0.410. The average Bonchev–Trinajstić information content (AvgIpc) is 1.99. The number of hydrogen-bond acceptors (Lipinski definition) is 4. The summed E-state index contributed by atoms with van der Waals surface area (Å²) in [5.41, 5.74) is 0. The van der Waals surface area contributed by atoms with E-state index in [2.05, 4.69) is 0 Å². The Morgan fingerprint density at radius 1 is 1.36 bits per heavy atom. The van der Waals surface area contributed by atoms with Gasteiger partial charge in [-0.2, -0.15) is 0 Å². The van der Waals surface area contributed by atoms with Crippen LogP contribution < -0.4 is 0 Å². The molecule has 1 fully saturated rings. The van der Waals surface area contributed by atoms with E-state index in [-0.39, 0.29) is 0 Å². The number of rotatable bonds is 1. The first-order valence-corrected chi connectivity index (χ1v) is 3.54. The average molecular weight is 160 g/mol. The summed E-state index contributed by atoms with van der Waals surface area (Å²) in [6, 6.07) is 0. The highest BCUT2D eigenvalue weighted by Crippen LogP contribution is 2.15. The van der Waals surface area contributed by atoms with Crippen molar-refractivity contribution in [1.82, 2.24) is 0 Å². The highest BCUT2D eigenvalue weighted by molar-refractivity contribution is 4.93. The van der Waals surface area contributed by atoms with Crippen molar-refractivity contribution in [3.05, 3.63) is 12.3 Å². The Morgan fingerprint density at radius 2 is 2.09 bits per heavy atom. The molecule has 11 heavy (non-hydrogen) atoms. The Balaban J connectivity index is 2.51. The van der Waals surface area contributed by atoms with Crippen LogP contribution in [0.4, 0.5) is 0 Å². The third-order valence-corrected chi connectivity index (χ3v) is 1.73. The second-order valence-corrected chi connectivity index (χ2v) is 2.52. The monoisotopic (exact) mass is 160 g/mol. The summed E-state index contributed by atoms with van der Waals surface area (Å²) < 4.78 is 5.04. The van der Waals surface area contributed by atoms with Crippen molar-refractivity contribution in [2.45, 2.75) is 24.7 Å². The lowest BCUT2D eigenvalue weighted by Gasteiger charge is -2.29. The third-order valence-electron chi connectivity index (χ3n) is 1.73. The molecule has 2 unspecified atom stereocenters. The second kappa shape index (κ2) is 3.71. The van der Waals surface area contributed by atoms with Gasteiger partial charge in [0.15, 0.2) is 0 Å². The van der Waals surface area contributed by atoms with Gasteiger partial charge in [0, 0.05) is 0 Å². The van der Waals surface area contributed by atoms with E-state index >= 15 is 0 Å². The first-order chi connectivity index (χ1) is 5.25. The van der Waals surface area contributed by atoms with Gasteiger partial charge in [-0.15, -0.1) is 0 Å². The fourth-order valence-electron chi connectivity index (χ4n) is 1.07. The molecule has 0 aromatic rings. The summed E-state index contributed by atoms with van der Waals surface area (Å²) >= 11 is 0. The Hall–Kier alpha value is -0.580. The second-order valence-electron chi connectivity index (χ2n) is 2.52. The molecule has 0 amide bonds. The molecule has 1 aliphatic heterocycles. The Bertz CT molecular complexity index is 145. The molecule has 1 saturated heterocycles. The molecule has 3 N–H and O–H groups in total. The summed E-state index contributed by atoms with van der Waals surface area (Å²) in [7, 11) is 0. The maximum absolute atomic E-state index is 9.23. The van der Waals surface area contributed by atoms with Gasteiger partial charge in [-0.05, 0) is 12.5 Å². The van der Waals surface area contributed by atoms with Crippen molar-refractivity contribution in [3.8, 4) is 0 Å². The van der Waals surface area contributed by atoms with Crippen LogP contribution >= 0.6 is 0 Å². The van der Waals surface area contributed by atoms with Crippen molar-refractivity contribution in [2.24, 2.45) is 0 Å². The van der Waals surface area contributed by atoms with Crippen LogP contribution in [0.1, 0.15) is 6.42 Å². The predicted molar refractivity (Wildman–Crippen MR) is 38.1 cm³/mol. The van der Waals surface area contributed by atoms with E-state index in [0.29, 0.717) is 13.0 Å². The summed E-state index contributed by atoms with van der Waals surface area (Å²) in [6.45, 7) is 0.410. The zero-order valence-electron chi connectivity index (χ0n) is 6.05. The van der Waals surface area contributed by atoms with Crippen LogP contribution in [0, 0.1) is 0 Å². The summed E-state index contributed by atoms with van der Waals surface area (Å²) in [5.74, 6) is 0. The molecule has 0 aromatic heterocycles. The molecule has 3 atom stereocenters. The summed E-state index contributed by atoms with van der Waals surface area (Å²) in [6.07, 6.45) is 0.316. The van der Waals surface area contributed by atoms with Crippen LogP contribution in [0.3, 0.4) is 0 Å². The number of hydrogen-bond donors (Lipinski definition) is 3. The third kappa shape index (κ3) is 1.92. The molecular weight excluding hydrogens is 148 g/mol. The Morgan fingerprint density at radius 3 is 2.73 bits per heavy atom. The minimum Gasteiger partial charge on any atom is -0.516 e. The van der Waals surface area contributed by atoms with Crippen molar-refractivity contribution in [1.29, 1.82) is 0 Å². The Labute approximate surface area is 64.7 Å². The molecular formula is C7H12O4. The first kappa shape index (κ1) is 8.52. The zero-order chi connectivity index (χ0) is 8.27. The molecule has 1 aliphatic rings. The molecule has 4 heteroatoms. The van der Waals surface area contributed by atoms with Crippen LogP contribution in [0.2, 0.25) is 0 Å². The van der Waals surface area contributed by atoms with Gasteiger partial charge < -0.3 is 20.1 Å². The quantitative estimate of drug-likeness (QED) is 0.455. The highest BCUT2D eigenvalue weighted by atomic mass is 16.5. The maximum atomic E-state index is 9.23. The first-order valence-electron chi connectivity index (χ1n) is 3.54. The molecule has 0 saturated carbocycles. The van der Waals surface area contributed by atoms with Gasteiger partial charge in [0.25, 0.3) is 0 Å². The van der Waals surface area contributed by atoms with E-state index in [1.54, 1.807) is 0 Å². The lowest BCUT2D eigenvalue weighted by molar-refractivity contribution is -0.116. The van der Waals surface area contributed by atoms with Crippen molar-refractivity contribution >= 4 is 0 Å². The molecule has 1 rings (SSSR count). The van der Waals surface area contributed by atoms with E-state index < -0.39 is 18.3 Å². The molecule has 0 spiro atoms. The highest BCUT2D eigenvalue weighted by Gasteiger charge is 2.29. The zero-order valence-corrected chi connectivity index (χ0v) is 6.05. The van der Waals surface area contributed by atoms with Gasteiger partial charge in [0.05, 0.1) is 19.0 Å². The minimum atomic E-state index is -0.924. The fraction of sp³-hybridized carbons (Fsp3) is 0.714. The lowest BCUT2D eigenvalue weighted by atomic mass is 10.0. The van der Waals surface area contributed by atoms with E-state index in [0.717, 1.165) is 6.26 Å². The van der Waals surface area contributed by atoms with Crippen molar-refractivity contribution in [3.63, 3.8) is 0 Å². The molecule has 0 aliphatic carbocycles. The van der Waals surface area contributed by atoms with Gasteiger partial charge in [-0.1, -0.05) is 0 Å². The van der Waals surface area contributed by atoms with Gasteiger partial charge in [0.2, 0.25) is 0 Å². The van der Waals surface area contributed by atoms with E-state index in [1.807, 2.05) is 0 Å². The summed E-state index contributed by atoms with van der Waals surface area (Å²) in [5, 5.41) is 26.7. The van der Waals surface area contributed by atoms with E-state index in [1.165, 1.54) is 6.08 Å². The van der Waals surface area contributed by atoms with Crippen molar-refractivity contribution in [2.75, 3.05) is 6.61 Å². The number of ether oxygens (including phenoxy) is 1. The smallest absolute Gasteiger partial charge is 0.110 e. The number of aliphatic hydroxyl groups excluding tert-OH is 3. The van der Waals surface area contributed by atoms with Gasteiger partial charge in [-0.25, -0.2) is 0 Å². The normalized spacial score (nSPS) is 39.6. The van der Waals surface area contributed by atoms with E-state index in [4.69, 9.17) is 14.9 Å². The van der Waals surface area contributed by atoms with Gasteiger partial charge in [0.1, 0.15) is 12.2 Å². The van der Waals surface area contributed by atoms with Crippen molar-refractivity contribution < 1.29 is 20.1 Å². The molecule has 0 aromatic carbocycles. The summed E-state index contributed by atoms with van der Waals surface area (Å²) in [4.78, 5) is 0. The van der Waals surface area contributed by atoms with Gasteiger partial charge >= 0.3 is 0 Å². The van der Waals surface area contributed by atoms with Gasteiger partial charge in [-0.3, -0.25) is 0 Å². The molecule has 0 radical (unpaired) electrons. The van der Waals surface area contributed by atoms with Crippen LogP contribution in [-0.4, -0.2) is 40.2 Å². The number of aliphatic hydroxyl groups is 3. The lowest BCUT2D eigenvalue weighted by Crippen LogP contribution is -2.43. The SMILES string of the molecule is OC=CC1OCCC(O)[C@@H]1O. The Kier molecular flexibility index (Phi) is 2.87. The molecule has 64 valence electrons. The van der Waals surface area contributed by atoms with Crippen LogP contribution in [0.5, 0.6) is 0 Å². The van der Waals surface area contributed by atoms with E-state index in [9.17, 15) is 5.11 Å². The molecule has 1 heterocycles. The molecule has 4 nitrogen and oxygen atoms in total. The largest absolute Gasteiger partial charge is 0.516 e. The van der Waals surface area contributed by atoms with Crippen LogP contribution in [0.15, 0.2) is 12.3 Å². The maximum Gasteiger partial charge on any atom is 0.110 e. The fourth-order valence-corrected chi connectivity index (χ4v) is 1.07. The molecule has 0 bridgehead atoms. The predicted octanol–water partition coefficient (Wildman–Crippen LogP) is -0.431. The topological polar surface area (TPSA) is 69.9 Å².